The molecular formula is C19H16F2N4OS. The van der Waals surface area contributed by atoms with Crippen LogP contribution in [0.2, 0.25) is 0 Å². The normalized spacial score (nSPS) is 18.1. The molecule has 0 unspecified atom stereocenters. The van der Waals surface area contributed by atoms with Crippen LogP contribution >= 0.6 is 11.3 Å². The minimum atomic E-state index is -0.358. The molecule has 1 fully saturated rings. The van der Waals surface area contributed by atoms with E-state index < -0.39 is 0 Å². The SMILES string of the molecule is O=C(Nc1nnc(Cc2ccc(F)cc2)s1)N[C@@H]1C[C@H]1c1cccc(F)c1. The molecular weight excluding hydrogens is 370 g/mol. The molecule has 1 heterocycles. The largest absolute Gasteiger partial charge is 0.334 e. The number of urea groups is 1. The molecule has 2 atom stereocenters. The summed E-state index contributed by atoms with van der Waals surface area (Å²) in [6.07, 6.45) is 1.30. The van der Waals surface area contributed by atoms with Crippen LogP contribution in [-0.4, -0.2) is 22.3 Å². The number of carbonyl (C=O) groups is 1. The average Bonchev–Trinajstić information content (AvgIpc) is 3.27. The van der Waals surface area contributed by atoms with Crippen molar-refractivity contribution in [2.45, 2.75) is 24.8 Å². The van der Waals surface area contributed by atoms with Crippen molar-refractivity contribution in [1.29, 1.82) is 0 Å². The van der Waals surface area contributed by atoms with Gasteiger partial charge in [0, 0.05) is 18.4 Å². The monoisotopic (exact) mass is 386 g/mol. The molecule has 4 rings (SSSR count). The fraction of sp³-hybridized carbons (Fsp3) is 0.211. The molecule has 0 aliphatic heterocycles. The molecule has 8 heteroatoms. The molecule has 5 nitrogen and oxygen atoms in total. The highest BCUT2D eigenvalue weighted by Gasteiger charge is 2.39. The number of benzene rings is 2. The lowest BCUT2D eigenvalue weighted by Crippen LogP contribution is -2.31. The summed E-state index contributed by atoms with van der Waals surface area (Å²) in [6.45, 7) is 0. The standard InChI is InChI=1S/C19H16F2N4OS/c20-13-6-4-11(5-7-13)8-17-24-25-19(27-17)23-18(26)22-16-10-15(16)12-2-1-3-14(21)9-12/h1-7,9,15-16H,8,10H2,(H2,22,23,25,26)/t15-,16+/m0/s1. The fourth-order valence-corrected chi connectivity index (χ4v) is 3.68. The molecule has 1 saturated carbocycles. The van der Waals surface area contributed by atoms with Crippen LogP contribution in [0.15, 0.2) is 48.5 Å². The lowest BCUT2D eigenvalue weighted by Gasteiger charge is -2.05. The summed E-state index contributed by atoms with van der Waals surface area (Å²) in [6, 6.07) is 12.2. The van der Waals surface area contributed by atoms with Crippen molar-refractivity contribution in [3.8, 4) is 0 Å². The minimum Gasteiger partial charge on any atom is -0.334 e. The number of rotatable bonds is 5. The Kier molecular flexibility index (Phi) is 4.81. The Labute approximate surface area is 158 Å². The summed E-state index contributed by atoms with van der Waals surface area (Å²) in [5.41, 5.74) is 1.80. The first-order valence-corrected chi connectivity index (χ1v) is 9.28. The van der Waals surface area contributed by atoms with E-state index in [1.54, 1.807) is 18.2 Å². The maximum atomic E-state index is 13.3. The van der Waals surface area contributed by atoms with Crippen molar-refractivity contribution in [3.05, 3.63) is 76.3 Å². The van der Waals surface area contributed by atoms with Crippen LogP contribution < -0.4 is 10.6 Å². The topological polar surface area (TPSA) is 66.9 Å². The second-order valence-corrected chi connectivity index (χ2v) is 7.47. The van der Waals surface area contributed by atoms with Crippen molar-refractivity contribution in [2.75, 3.05) is 5.32 Å². The van der Waals surface area contributed by atoms with E-state index in [2.05, 4.69) is 20.8 Å². The first-order valence-electron chi connectivity index (χ1n) is 8.46. The molecule has 1 aliphatic carbocycles. The molecule has 2 aromatic carbocycles. The molecule has 0 spiro atoms. The number of anilines is 1. The van der Waals surface area contributed by atoms with E-state index >= 15 is 0 Å². The van der Waals surface area contributed by atoms with E-state index in [0.29, 0.717) is 11.6 Å². The molecule has 3 aromatic rings. The van der Waals surface area contributed by atoms with Crippen LogP contribution in [0.3, 0.4) is 0 Å². The van der Waals surface area contributed by atoms with Gasteiger partial charge in [-0.3, -0.25) is 5.32 Å². The van der Waals surface area contributed by atoms with Crippen molar-refractivity contribution >= 4 is 22.5 Å². The van der Waals surface area contributed by atoms with Crippen molar-refractivity contribution in [1.82, 2.24) is 15.5 Å². The summed E-state index contributed by atoms with van der Waals surface area (Å²) >= 11 is 1.27. The lowest BCUT2D eigenvalue weighted by molar-refractivity contribution is 0.251. The summed E-state index contributed by atoms with van der Waals surface area (Å²) in [4.78, 5) is 12.1. The number of nitrogens with one attached hydrogen (secondary N) is 2. The molecule has 27 heavy (non-hydrogen) atoms. The number of hydrogen-bond donors (Lipinski definition) is 2. The van der Waals surface area contributed by atoms with E-state index in [4.69, 9.17) is 0 Å². The van der Waals surface area contributed by atoms with Crippen LogP contribution in [-0.2, 0) is 6.42 Å². The third-order valence-corrected chi connectivity index (χ3v) is 5.18. The predicted molar refractivity (Wildman–Crippen MR) is 98.8 cm³/mol. The van der Waals surface area contributed by atoms with Crippen molar-refractivity contribution < 1.29 is 13.6 Å². The van der Waals surface area contributed by atoms with Gasteiger partial charge in [-0.1, -0.05) is 35.6 Å². The zero-order chi connectivity index (χ0) is 18.8. The zero-order valence-corrected chi connectivity index (χ0v) is 15.0. The number of hydrogen-bond acceptors (Lipinski definition) is 4. The molecule has 0 radical (unpaired) electrons. The van der Waals surface area contributed by atoms with Gasteiger partial charge in [0.05, 0.1) is 0 Å². The Morgan fingerprint density at radius 2 is 1.93 bits per heavy atom. The highest BCUT2D eigenvalue weighted by Crippen LogP contribution is 2.40. The summed E-state index contributed by atoms with van der Waals surface area (Å²) < 4.78 is 26.2. The number of halogens is 2. The van der Waals surface area contributed by atoms with Crippen LogP contribution in [0, 0.1) is 11.6 Å². The van der Waals surface area contributed by atoms with Crippen LogP contribution in [0.1, 0.15) is 28.5 Å². The van der Waals surface area contributed by atoms with E-state index in [0.717, 1.165) is 22.6 Å². The van der Waals surface area contributed by atoms with E-state index in [9.17, 15) is 13.6 Å². The Balaban J connectivity index is 1.29. The van der Waals surface area contributed by atoms with Gasteiger partial charge in [0.15, 0.2) is 0 Å². The van der Waals surface area contributed by atoms with Gasteiger partial charge in [-0.2, -0.15) is 0 Å². The molecule has 2 amide bonds. The van der Waals surface area contributed by atoms with Gasteiger partial charge < -0.3 is 5.32 Å². The summed E-state index contributed by atoms with van der Waals surface area (Å²) in [5, 5.41) is 14.7. The van der Waals surface area contributed by atoms with Crippen molar-refractivity contribution in [3.63, 3.8) is 0 Å². The van der Waals surface area contributed by atoms with E-state index in [1.165, 1.54) is 35.6 Å². The van der Waals surface area contributed by atoms with E-state index in [1.807, 2.05) is 6.07 Å². The van der Waals surface area contributed by atoms with Gasteiger partial charge in [0.1, 0.15) is 16.6 Å². The van der Waals surface area contributed by atoms with Crippen LogP contribution in [0.5, 0.6) is 0 Å². The second kappa shape index (κ2) is 7.40. The third kappa shape index (κ3) is 4.46. The fourth-order valence-electron chi connectivity index (χ4n) is 2.91. The Morgan fingerprint density at radius 3 is 2.70 bits per heavy atom. The summed E-state index contributed by atoms with van der Waals surface area (Å²) in [5.74, 6) is -0.424. The first kappa shape index (κ1) is 17.5. The number of aromatic nitrogens is 2. The van der Waals surface area contributed by atoms with E-state index in [-0.39, 0.29) is 29.6 Å². The highest BCUT2D eigenvalue weighted by atomic mass is 32.1. The van der Waals surface area contributed by atoms with Gasteiger partial charge in [0.2, 0.25) is 5.13 Å². The second-order valence-electron chi connectivity index (χ2n) is 6.41. The predicted octanol–water partition coefficient (Wildman–Crippen LogP) is 4.08. The van der Waals surface area contributed by atoms with Crippen molar-refractivity contribution in [2.24, 2.45) is 0 Å². The molecule has 2 N–H and O–H groups in total. The van der Waals surface area contributed by atoms with Gasteiger partial charge in [-0.05, 0) is 41.8 Å². The number of carbonyl (C=O) groups excluding carboxylic acids is 1. The van der Waals surface area contributed by atoms with Gasteiger partial charge >= 0.3 is 6.03 Å². The molecule has 0 saturated heterocycles. The first-order chi connectivity index (χ1) is 13.1. The Hall–Kier alpha value is -2.87. The summed E-state index contributed by atoms with van der Waals surface area (Å²) in [7, 11) is 0. The number of amides is 2. The Morgan fingerprint density at radius 1 is 1.11 bits per heavy atom. The minimum absolute atomic E-state index is 0.0154. The third-order valence-electron chi connectivity index (χ3n) is 4.34. The van der Waals surface area contributed by atoms with Crippen LogP contribution in [0.4, 0.5) is 18.7 Å². The highest BCUT2D eigenvalue weighted by molar-refractivity contribution is 7.15. The smallest absolute Gasteiger partial charge is 0.321 e. The van der Waals surface area contributed by atoms with Crippen LogP contribution in [0.25, 0.3) is 0 Å². The quantitative estimate of drug-likeness (QED) is 0.694. The Bertz CT molecular complexity index is 960. The molecule has 138 valence electrons. The lowest BCUT2D eigenvalue weighted by atomic mass is 10.1. The van der Waals surface area contributed by atoms with Gasteiger partial charge in [-0.25, -0.2) is 13.6 Å². The van der Waals surface area contributed by atoms with Gasteiger partial charge in [0.25, 0.3) is 0 Å². The molecule has 1 aliphatic rings. The zero-order valence-electron chi connectivity index (χ0n) is 14.2. The maximum absolute atomic E-state index is 13.3. The molecule has 0 bridgehead atoms. The van der Waals surface area contributed by atoms with Gasteiger partial charge in [-0.15, -0.1) is 10.2 Å². The maximum Gasteiger partial charge on any atom is 0.321 e. The molecule has 1 aromatic heterocycles. The average molecular weight is 386 g/mol. The number of nitrogens with zero attached hydrogens (tertiary/aromatic N) is 2.